The van der Waals surface area contributed by atoms with Gasteiger partial charge in [-0.3, -0.25) is 4.98 Å². The minimum absolute atomic E-state index is 0.0958. The topological polar surface area (TPSA) is 85.7 Å². The van der Waals surface area contributed by atoms with Gasteiger partial charge in [0.25, 0.3) is 0 Å². The van der Waals surface area contributed by atoms with Crippen LogP contribution in [0.1, 0.15) is 34.4 Å². The first kappa shape index (κ1) is 21.0. The first-order chi connectivity index (χ1) is 13.9. The quantitative estimate of drug-likeness (QED) is 0.726. The van der Waals surface area contributed by atoms with Crippen molar-refractivity contribution in [2.45, 2.75) is 39.7 Å². The van der Waals surface area contributed by atoms with Crippen LogP contribution in [-0.2, 0) is 6.42 Å². The van der Waals surface area contributed by atoms with Crippen molar-refractivity contribution >= 4 is 17.3 Å². The molecule has 1 aromatic carbocycles. The molecular weight excluding hydrogens is 366 g/mol. The van der Waals surface area contributed by atoms with Crippen LogP contribution in [0.5, 0.6) is 0 Å². The molecule has 2 heterocycles. The minimum atomic E-state index is -0.764. The zero-order chi connectivity index (χ0) is 21.0. The maximum atomic E-state index is 12.6. The molecule has 1 aliphatic rings. The Balaban J connectivity index is 1.64. The fraction of sp³-hybridized carbons (Fsp3) is 0.391. The zero-order valence-corrected chi connectivity index (χ0v) is 17.3. The first-order valence-corrected chi connectivity index (χ1v) is 9.94. The number of aryl methyl sites for hydroxylation is 3. The Bertz CT molecular complexity index is 924. The summed E-state index contributed by atoms with van der Waals surface area (Å²) >= 11 is 0. The second-order valence-electron chi connectivity index (χ2n) is 7.70. The molecule has 0 spiro atoms. The van der Waals surface area contributed by atoms with Crippen molar-refractivity contribution in [3.05, 3.63) is 64.5 Å². The van der Waals surface area contributed by atoms with Gasteiger partial charge in [-0.1, -0.05) is 18.2 Å². The van der Waals surface area contributed by atoms with Gasteiger partial charge in [-0.25, -0.2) is 4.79 Å². The van der Waals surface area contributed by atoms with Gasteiger partial charge in [0.05, 0.1) is 18.4 Å². The summed E-state index contributed by atoms with van der Waals surface area (Å²) < 4.78 is 0. The number of amides is 2. The molecule has 1 aliphatic heterocycles. The number of hydrogen-bond donors (Lipinski definition) is 3. The number of aliphatic hydroxyl groups excluding tert-OH is 2. The summed E-state index contributed by atoms with van der Waals surface area (Å²) in [5.41, 5.74) is 7.17. The number of carbonyl (C=O) groups excluding carboxylic acids is 1. The molecule has 0 saturated carbocycles. The molecule has 2 amide bonds. The van der Waals surface area contributed by atoms with Crippen LogP contribution in [0.3, 0.4) is 0 Å². The molecule has 2 aromatic rings. The summed E-state index contributed by atoms with van der Waals surface area (Å²) in [5, 5.41) is 21.6. The highest BCUT2D eigenvalue weighted by molar-refractivity contribution is 5.90. The Morgan fingerprint density at radius 3 is 2.62 bits per heavy atom. The zero-order valence-electron chi connectivity index (χ0n) is 17.3. The lowest BCUT2D eigenvalue weighted by Gasteiger charge is -2.27. The number of rotatable bonds is 5. The van der Waals surface area contributed by atoms with Crippen LogP contribution in [0, 0.1) is 20.8 Å². The van der Waals surface area contributed by atoms with Crippen LogP contribution in [0.4, 0.5) is 10.5 Å². The van der Waals surface area contributed by atoms with Crippen molar-refractivity contribution in [2.75, 3.05) is 25.0 Å². The van der Waals surface area contributed by atoms with Gasteiger partial charge in [0, 0.05) is 31.4 Å². The number of benzene rings is 1. The van der Waals surface area contributed by atoms with Gasteiger partial charge in [-0.15, -0.1) is 0 Å². The average Bonchev–Trinajstić information content (AvgIpc) is 2.71. The van der Waals surface area contributed by atoms with E-state index >= 15 is 0 Å². The van der Waals surface area contributed by atoms with Crippen LogP contribution in [0.25, 0.3) is 5.57 Å². The van der Waals surface area contributed by atoms with Gasteiger partial charge in [-0.05, 0) is 67.2 Å². The second-order valence-corrected chi connectivity index (χ2v) is 7.70. The van der Waals surface area contributed by atoms with Gasteiger partial charge in [0.2, 0.25) is 0 Å². The van der Waals surface area contributed by atoms with E-state index in [0.717, 1.165) is 40.1 Å². The first-order valence-electron chi connectivity index (χ1n) is 9.94. The van der Waals surface area contributed by atoms with Gasteiger partial charge in [-0.2, -0.15) is 0 Å². The fourth-order valence-corrected chi connectivity index (χ4v) is 3.51. The van der Waals surface area contributed by atoms with E-state index in [1.165, 1.54) is 5.56 Å². The summed E-state index contributed by atoms with van der Waals surface area (Å²) in [7, 11) is 0. The van der Waals surface area contributed by atoms with Crippen LogP contribution in [0.2, 0.25) is 0 Å². The fourth-order valence-electron chi connectivity index (χ4n) is 3.51. The summed E-state index contributed by atoms with van der Waals surface area (Å²) in [5.74, 6) is 0. The van der Waals surface area contributed by atoms with E-state index in [1.807, 2.05) is 38.1 Å². The summed E-state index contributed by atoms with van der Waals surface area (Å²) in [6.45, 7) is 7.00. The van der Waals surface area contributed by atoms with Gasteiger partial charge in [0.15, 0.2) is 0 Å². The normalized spacial score (nSPS) is 15.1. The highest BCUT2D eigenvalue weighted by Crippen LogP contribution is 2.25. The molecule has 29 heavy (non-hydrogen) atoms. The molecule has 3 N–H and O–H groups in total. The van der Waals surface area contributed by atoms with Crippen LogP contribution in [0.15, 0.2) is 36.5 Å². The van der Waals surface area contributed by atoms with Crippen LogP contribution >= 0.6 is 0 Å². The summed E-state index contributed by atoms with van der Waals surface area (Å²) in [6, 6.07) is 7.83. The lowest BCUT2D eigenvalue weighted by Crippen LogP contribution is -2.38. The number of aliphatic hydroxyl groups is 2. The van der Waals surface area contributed by atoms with Crippen LogP contribution < -0.4 is 5.32 Å². The summed E-state index contributed by atoms with van der Waals surface area (Å²) in [6.07, 6.45) is 4.17. The third kappa shape index (κ3) is 5.22. The van der Waals surface area contributed by atoms with E-state index in [2.05, 4.69) is 23.3 Å². The molecule has 1 aromatic heterocycles. The van der Waals surface area contributed by atoms with E-state index in [1.54, 1.807) is 11.1 Å². The van der Waals surface area contributed by atoms with Crippen molar-refractivity contribution in [3.63, 3.8) is 0 Å². The maximum absolute atomic E-state index is 12.6. The molecule has 0 bridgehead atoms. The van der Waals surface area contributed by atoms with E-state index in [-0.39, 0.29) is 12.6 Å². The van der Waals surface area contributed by atoms with Crippen molar-refractivity contribution in [1.29, 1.82) is 0 Å². The second kappa shape index (κ2) is 9.20. The smallest absolute Gasteiger partial charge is 0.322 e. The highest BCUT2D eigenvalue weighted by atomic mass is 16.3. The number of nitrogens with zero attached hydrogens (tertiary/aromatic N) is 2. The SMILES string of the molecule is Cc1ccc(NC(=O)N2CC=C(c3ncc(C[C@H](O)CO)cc3C)CC2)cc1C. The molecule has 0 radical (unpaired) electrons. The van der Waals surface area contributed by atoms with Crippen molar-refractivity contribution in [3.8, 4) is 0 Å². The van der Waals surface area contributed by atoms with Gasteiger partial charge >= 0.3 is 6.03 Å². The van der Waals surface area contributed by atoms with Gasteiger partial charge < -0.3 is 20.4 Å². The number of anilines is 1. The van der Waals surface area contributed by atoms with E-state index in [9.17, 15) is 9.90 Å². The molecule has 0 aliphatic carbocycles. The molecule has 1 atom stereocenters. The van der Waals surface area contributed by atoms with Crippen molar-refractivity contribution < 1.29 is 15.0 Å². The number of urea groups is 1. The lowest BCUT2D eigenvalue weighted by atomic mass is 9.99. The number of pyridine rings is 1. The molecule has 6 nitrogen and oxygen atoms in total. The third-order valence-electron chi connectivity index (χ3n) is 5.38. The summed E-state index contributed by atoms with van der Waals surface area (Å²) in [4.78, 5) is 18.9. The molecular formula is C23H29N3O3. The Morgan fingerprint density at radius 2 is 2.00 bits per heavy atom. The monoisotopic (exact) mass is 395 g/mol. The Hall–Kier alpha value is -2.70. The van der Waals surface area contributed by atoms with E-state index in [4.69, 9.17) is 5.11 Å². The number of carbonyl (C=O) groups is 1. The van der Waals surface area contributed by atoms with Crippen LogP contribution in [-0.4, -0.2) is 51.9 Å². The highest BCUT2D eigenvalue weighted by Gasteiger charge is 2.20. The molecule has 6 heteroatoms. The van der Waals surface area contributed by atoms with Crippen molar-refractivity contribution in [1.82, 2.24) is 9.88 Å². The largest absolute Gasteiger partial charge is 0.394 e. The molecule has 0 saturated heterocycles. The molecule has 154 valence electrons. The Kier molecular flexibility index (Phi) is 6.67. The number of hydrogen-bond acceptors (Lipinski definition) is 4. The molecule has 3 rings (SSSR count). The Labute approximate surface area is 171 Å². The number of aromatic nitrogens is 1. The van der Waals surface area contributed by atoms with Crippen molar-refractivity contribution in [2.24, 2.45) is 0 Å². The average molecular weight is 396 g/mol. The Morgan fingerprint density at radius 1 is 1.21 bits per heavy atom. The minimum Gasteiger partial charge on any atom is -0.394 e. The predicted molar refractivity (Wildman–Crippen MR) is 115 cm³/mol. The number of nitrogens with one attached hydrogen (secondary N) is 1. The van der Waals surface area contributed by atoms with Gasteiger partial charge in [0.1, 0.15) is 0 Å². The lowest BCUT2D eigenvalue weighted by molar-refractivity contribution is 0.0954. The third-order valence-corrected chi connectivity index (χ3v) is 5.38. The van der Waals surface area contributed by atoms with E-state index in [0.29, 0.717) is 19.5 Å². The van der Waals surface area contributed by atoms with E-state index < -0.39 is 6.10 Å². The molecule has 0 fully saturated rings. The molecule has 0 unspecified atom stereocenters. The standard InChI is InChI=1S/C23H29N3O3/c1-15-4-5-20(11-16(15)2)25-23(29)26-8-6-19(7-9-26)22-17(3)10-18(13-24-22)12-21(28)14-27/h4-6,10-11,13,21,27-28H,7-9,12,14H2,1-3H3,(H,25,29)/t21-/m0/s1. The predicted octanol–water partition coefficient (Wildman–Crippen LogP) is 3.22. The maximum Gasteiger partial charge on any atom is 0.322 e.